The van der Waals surface area contributed by atoms with Crippen molar-refractivity contribution in [2.24, 2.45) is 0 Å². The van der Waals surface area contributed by atoms with Gasteiger partial charge in [0.15, 0.2) is 9.84 Å². The van der Waals surface area contributed by atoms with Crippen molar-refractivity contribution in [1.29, 1.82) is 0 Å². The Balaban J connectivity index is 1.73. The zero-order valence-electron chi connectivity index (χ0n) is 13.0. The second-order valence-corrected chi connectivity index (χ2v) is 10.1. The van der Waals surface area contributed by atoms with Crippen molar-refractivity contribution in [3.05, 3.63) is 59.7 Å². The van der Waals surface area contributed by atoms with E-state index < -0.39 is 15.8 Å². The molecule has 0 amide bonds. The Kier molecular flexibility index (Phi) is 5.22. The summed E-state index contributed by atoms with van der Waals surface area (Å²) >= 11 is 3.83. The topological polar surface area (TPSA) is 60.4 Å². The van der Waals surface area contributed by atoms with Gasteiger partial charge in [-0.25, -0.2) is 13.2 Å². The number of rotatable bonds is 4. The highest BCUT2D eigenvalue weighted by Gasteiger charge is 2.18. The van der Waals surface area contributed by atoms with Crippen molar-refractivity contribution in [1.82, 2.24) is 0 Å². The minimum atomic E-state index is -3.36. The smallest absolute Gasteiger partial charge is 0.343 e. The molecule has 24 heavy (non-hydrogen) atoms. The molecule has 0 atom stereocenters. The first-order valence-electron chi connectivity index (χ1n) is 7.29. The summed E-state index contributed by atoms with van der Waals surface area (Å²) in [5, 5.41) is 0. The summed E-state index contributed by atoms with van der Waals surface area (Å²) in [5.41, 5.74) is 1.42. The number of carbonyl (C=O) groups excluding carboxylic acids is 1. The Labute approximate surface area is 149 Å². The van der Waals surface area contributed by atoms with Gasteiger partial charge in [-0.1, -0.05) is 18.2 Å². The van der Waals surface area contributed by atoms with Crippen molar-refractivity contribution in [3.8, 4) is 5.75 Å². The van der Waals surface area contributed by atoms with Gasteiger partial charge in [0.1, 0.15) is 5.75 Å². The molecule has 1 heterocycles. The van der Waals surface area contributed by atoms with E-state index >= 15 is 0 Å². The Morgan fingerprint density at radius 3 is 2.38 bits per heavy atom. The van der Waals surface area contributed by atoms with E-state index in [0.717, 1.165) is 17.8 Å². The summed E-state index contributed by atoms with van der Waals surface area (Å²) in [5.74, 6) is 2.19. The molecule has 0 aromatic heterocycles. The van der Waals surface area contributed by atoms with Gasteiger partial charge in [0.25, 0.3) is 0 Å². The van der Waals surface area contributed by atoms with Crippen molar-refractivity contribution >= 4 is 39.3 Å². The van der Waals surface area contributed by atoms with E-state index in [9.17, 15) is 13.2 Å². The van der Waals surface area contributed by atoms with Gasteiger partial charge in [-0.2, -0.15) is 0 Å². The average Bonchev–Trinajstić information content (AvgIpc) is 3.09. The minimum Gasteiger partial charge on any atom is -0.423 e. The lowest BCUT2D eigenvalue weighted by molar-refractivity contribution is 0.0734. The van der Waals surface area contributed by atoms with Gasteiger partial charge < -0.3 is 4.74 Å². The summed E-state index contributed by atoms with van der Waals surface area (Å²) in [6.45, 7) is 0. The maximum absolute atomic E-state index is 12.2. The molecule has 1 fully saturated rings. The highest BCUT2D eigenvalue weighted by molar-refractivity contribution is 8.19. The molecule has 3 rings (SSSR count). The van der Waals surface area contributed by atoms with Crippen LogP contribution >= 0.6 is 23.5 Å². The maximum Gasteiger partial charge on any atom is 0.343 e. The zero-order valence-corrected chi connectivity index (χ0v) is 15.4. The number of hydrogen-bond acceptors (Lipinski definition) is 6. The predicted molar refractivity (Wildman–Crippen MR) is 98.6 cm³/mol. The molecule has 0 bridgehead atoms. The van der Waals surface area contributed by atoms with E-state index in [1.807, 2.05) is 35.7 Å². The highest BCUT2D eigenvalue weighted by atomic mass is 32.2. The van der Waals surface area contributed by atoms with Crippen molar-refractivity contribution in [3.63, 3.8) is 0 Å². The molecule has 1 saturated heterocycles. The van der Waals surface area contributed by atoms with Crippen LogP contribution in [0.2, 0.25) is 0 Å². The van der Waals surface area contributed by atoms with Crippen molar-refractivity contribution in [2.45, 2.75) is 9.48 Å². The van der Waals surface area contributed by atoms with Crippen LogP contribution in [0.3, 0.4) is 0 Å². The monoisotopic (exact) mass is 380 g/mol. The van der Waals surface area contributed by atoms with Gasteiger partial charge in [-0.3, -0.25) is 0 Å². The molecule has 126 valence electrons. The van der Waals surface area contributed by atoms with Gasteiger partial charge in [-0.15, -0.1) is 23.5 Å². The van der Waals surface area contributed by atoms with Crippen LogP contribution in [0.15, 0.2) is 53.4 Å². The van der Waals surface area contributed by atoms with Crippen molar-refractivity contribution in [2.75, 3.05) is 17.8 Å². The average molecular weight is 381 g/mol. The first-order valence-corrected chi connectivity index (χ1v) is 11.3. The molecule has 0 saturated carbocycles. The van der Waals surface area contributed by atoms with Crippen LogP contribution in [0.25, 0.3) is 0 Å². The molecule has 4 nitrogen and oxygen atoms in total. The summed E-state index contributed by atoms with van der Waals surface area (Å²) < 4.78 is 28.9. The van der Waals surface area contributed by atoms with Crippen LogP contribution < -0.4 is 4.74 Å². The van der Waals surface area contributed by atoms with E-state index in [1.165, 1.54) is 29.8 Å². The molecule has 0 unspecified atom stereocenters. The number of hydrogen-bond donors (Lipinski definition) is 0. The minimum absolute atomic E-state index is 0.0996. The first kappa shape index (κ1) is 17.4. The largest absolute Gasteiger partial charge is 0.423 e. The summed E-state index contributed by atoms with van der Waals surface area (Å²) in [7, 11) is -3.36. The maximum atomic E-state index is 12.2. The molecule has 0 N–H and O–H groups in total. The lowest BCUT2D eigenvalue weighted by Gasteiger charge is -2.10. The van der Waals surface area contributed by atoms with Crippen LogP contribution in [0.5, 0.6) is 5.75 Å². The Bertz CT molecular complexity index is 838. The Morgan fingerprint density at radius 1 is 1.08 bits per heavy atom. The normalized spacial score (nSPS) is 15.4. The second kappa shape index (κ2) is 7.21. The van der Waals surface area contributed by atoms with Gasteiger partial charge >= 0.3 is 5.97 Å². The fourth-order valence-corrected chi connectivity index (χ4v) is 5.79. The Morgan fingerprint density at radius 2 is 1.75 bits per heavy atom. The van der Waals surface area contributed by atoms with Gasteiger partial charge in [0.2, 0.25) is 0 Å². The molecular formula is C17H16O4S3. The third kappa shape index (κ3) is 4.15. The Hall–Kier alpha value is -1.44. The first-order chi connectivity index (χ1) is 11.4. The van der Waals surface area contributed by atoms with Crippen LogP contribution in [0, 0.1) is 0 Å². The fraction of sp³-hybridized carbons (Fsp3) is 0.235. The van der Waals surface area contributed by atoms with Gasteiger partial charge in [0.05, 0.1) is 15.0 Å². The summed E-state index contributed by atoms with van der Waals surface area (Å²) in [6, 6.07) is 13.3. The van der Waals surface area contributed by atoms with E-state index in [1.54, 1.807) is 12.1 Å². The van der Waals surface area contributed by atoms with Crippen LogP contribution in [0.4, 0.5) is 0 Å². The van der Waals surface area contributed by atoms with Gasteiger partial charge in [-0.05, 0) is 35.9 Å². The predicted octanol–water partition coefficient (Wildman–Crippen LogP) is 3.79. The van der Waals surface area contributed by atoms with Crippen LogP contribution in [-0.2, 0) is 9.84 Å². The zero-order chi connectivity index (χ0) is 17.2. The molecule has 1 aliphatic heterocycles. The molecule has 7 heteroatoms. The third-order valence-corrected chi connectivity index (χ3v) is 7.70. The molecule has 0 spiro atoms. The lowest BCUT2D eigenvalue weighted by atomic mass is 10.2. The molecule has 0 aliphatic carbocycles. The van der Waals surface area contributed by atoms with E-state index in [-0.39, 0.29) is 10.5 Å². The highest BCUT2D eigenvalue weighted by Crippen LogP contribution is 2.45. The number of ether oxygens (including phenoxy) is 1. The lowest BCUT2D eigenvalue weighted by Crippen LogP contribution is -2.09. The van der Waals surface area contributed by atoms with Crippen molar-refractivity contribution < 1.29 is 17.9 Å². The van der Waals surface area contributed by atoms with E-state index in [2.05, 4.69) is 0 Å². The quantitative estimate of drug-likeness (QED) is 0.594. The third-order valence-electron chi connectivity index (χ3n) is 3.48. The number of esters is 1. The van der Waals surface area contributed by atoms with Crippen LogP contribution in [-0.4, -0.2) is 32.1 Å². The van der Waals surface area contributed by atoms with E-state index in [0.29, 0.717) is 10.3 Å². The molecule has 1 aliphatic rings. The van der Waals surface area contributed by atoms with Gasteiger partial charge in [0, 0.05) is 17.8 Å². The SMILES string of the molecule is CS(=O)(=O)c1cccc(C(=O)Oc2ccc(C3SCCS3)cc2)c1. The standard InChI is InChI=1S/C17H16O4S3/c1-24(19,20)15-4-2-3-13(11-15)16(18)21-14-7-5-12(6-8-14)17-22-9-10-23-17/h2-8,11,17H,9-10H2,1H3. The number of thioether (sulfide) groups is 2. The second-order valence-electron chi connectivity index (χ2n) is 5.33. The number of benzene rings is 2. The molecular weight excluding hydrogens is 364 g/mol. The van der Waals surface area contributed by atoms with E-state index in [4.69, 9.17) is 4.74 Å². The number of sulfone groups is 1. The fourth-order valence-electron chi connectivity index (χ4n) is 2.26. The molecule has 2 aromatic carbocycles. The summed E-state index contributed by atoms with van der Waals surface area (Å²) in [6.07, 6.45) is 1.11. The number of carbonyl (C=O) groups is 1. The molecule has 2 aromatic rings. The summed E-state index contributed by atoms with van der Waals surface area (Å²) in [4.78, 5) is 12.3. The van der Waals surface area contributed by atoms with Crippen LogP contribution in [0.1, 0.15) is 20.5 Å². The molecule has 0 radical (unpaired) electrons.